The average molecular weight is 570 g/mol. The summed E-state index contributed by atoms with van der Waals surface area (Å²) >= 11 is 3.45. The molecule has 0 spiro atoms. The van der Waals surface area contributed by atoms with Crippen molar-refractivity contribution in [3.8, 4) is 11.5 Å². The molecule has 0 N–H and O–H groups in total. The smallest absolute Gasteiger partial charge is 0.282 e. The molecule has 5 aromatic rings. The summed E-state index contributed by atoms with van der Waals surface area (Å²) in [6.45, 7) is 6.44. The Morgan fingerprint density at radius 1 is 0.947 bits per heavy atom. The van der Waals surface area contributed by atoms with Crippen LogP contribution in [0.3, 0.4) is 0 Å². The lowest BCUT2D eigenvalue weighted by Gasteiger charge is -2.20. The number of ether oxygens (including phenoxy) is 2. The molecule has 0 amide bonds. The second kappa shape index (κ2) is 10.4. The number of halogens is 1. The van der Waals surface area contributed by atoms with Crippen LogP contribution in [-0.2, 0) is 12.0 Å². The zero-order chi connectivity index (χ0) is 26.9. The lowest BCUT2D eigenvalue weighted by atomic mass is 9.95. The van der Waals surface area contributed by atoms with E-state index in [4.69, 9.17) is 14.5 Å². The Morgan fingerprint density at radius 2 is 1.74 bits per heavy atom. The van der Waals surface area contributed by atoms with Crippen molar-refractivity contribution in [3.05, 3.63) is 111 Å². The summed E-state index contributed by atoms with van der Waals surface area (Å²) < 4.78 is 13.9. The fourth-order valence-corrected chi connectivity index (χ4v) is 4.68. The van der Waals surface area contributed by atoms with E-state index in [0.29, 0.717) is 34.8 Å². The van der Waals surface area contributed by atoms with Gasteiger partial charge in [0, 0.05) is 9.89 Å². The summed E-state index contributed by atoms with van der Waals surface area (Å²) in [5.41, 5.74) is 1.89. The molecule has 0 atom stereocenters. The third-order valence-electron chi connectivity index (χ3n) is 6.25. The van der Waals surface area contributed by atoms with Gasteiger partial charge in [0.05, 0.1) is 24.2 Å². The third-order valence-corrected chi connectivity index (χ3v) is 6.75. The number of hydrogen-bond donors (Lipinski definition) is 0. The van der Waals surface area contributed by atoms with Gasteiger partial charge in [-0.3, -0.25) is 4.79 Å². The van der Waals surface area contributed by atoms with Crippen LogP contribution in [0.4, 0.5) is 0 Å². The van der Waals surface area contributed by atoms with Gasteiger partial charge < -0.3 is 9.47 Å². The molecule has 0 aliphatic rings. The number of rotatable bonds is 6. The van der Waals surface area contributed by atoms with E-state index < -0.39 is 5.41 Å². The first-order chi connectivity index (χ1) is 18.2. The largest absolute Gasteiger partial charge is 0.493 e. The van der Waals surface area contributed by atoms with E-state index in [1.165, 1.54) is 10.1 Å². The van der Waals surface area contributed by atoms with Crippen molar-refractivity contribution in [2.75, 3.05) is 7.11 Å². The molecule has 1 aromatic heterocycles. The first kappa shape index (κ1) is 25.7. The first-order valence-electron chi connectivity index (χ1n) is 12.3. The molecule has 0 aliphatic carbocycles. The van der Waals surface area contributed by atoms with E-state index in [9.17, 15) is 4.79 Å². The number of benzene rings is 4. The van der Waals surface area contributed by atoms with E-state index in [1.807, 2.05) is 69.3 Å². The molecule has 0 bridgehead atoms. The van der Waals surface area contributed by atoms with Crippen LogP contribution < -0.4 is 15.0 Å². The Balaban J connectivity index is 1.46. The summed E-state index contributed by atoms with van der Waals surface area (Å²) in [6, 6.07) is 25.5. The molecule has 192 valence electrons. The van der Waals surface area contributed by atoms with E-state index in [2.05, 4.69) is 45.3 Å². The fourth-order valence-electron chi connectivity index (χ4n) is 4.32. The normalized spacial score (nSPS) is 11.9. The van der Waals surface area contributed by atoms with Crippen molar-refractivity contribution >= 4 is 43.8 Å². The van der Waals surface area contributed by atoms with Crippen LogP contribution >= 0.6 is 15.9 Å². The van der Waals surface area contributed by atoms with E-state index in [0.717, 1.165) is 21.0 Å². The molecule has 0 fully saturated rings. The minimum absolute atomic E-state index is 0.223. The SMILES string of the molecule is COc1cc(C=Nn2c(C(C)(C)C)nc3ccc(Br)cc3c2=O)ccc1OCc1cccc2ccccc12. The van der Waals surface area contributed by atoms with Crippen LogP contribution in [0.2, 0.25) is 0 Å². The van der Waals surface area contributed by atoms with E-state index >= 15 is 0 Å². The van der Waals surface area contributed by atoms with Crippen LogP contribution in [0.15, 0.2) is 93.2 Å². The first-order valence-corrected chi connectivity index (χ1v) is 13.1. The fraction of sp³-hybridized carbons (Fsp3) is 0.194. The second-order valence-corrected chi connectivity index (χ2v) is 11.0. The molecule has 0 saturated heterocycles. The second-order valence-electron chi connectivity index (χ2n) is 10.0. The molecular weight excluding hydrogens is 542 g/mol. The third kappa shape index (κ3) is 5.20. The maximum atomic E-state index is 13.4. The summed E-state index contributed by atoms with van der Waals surface area (Å²) in [5, 5.41) is 7.39. The number of methoxy groups -OCH3 is 1. The maximum Gasteiger partial charge on any atom is 0.282 e. The van der Waals surface area contributed by atoms with E-state index in [1.54, 1.807) is 19.4 Å². The molecule has 6 nitrogen and oxygen atoms in total. The Kier molecular flexibility index (Phi) is 7.04. The minimum Gasteiger partial charge on any atom is -0.493 e. The van der Waals surface area contributed by atoms with Gasteiger partial charge in [0.2, 0.25) is 0 Å². The Bertz CT molecular complexity index is 1730. The summed E-state index contributed by atoms with van der Waals surface area (Å²) in [6.07, 6.45) is 1.64. The van der Waals surface area contributed by atoms with Gasteiger partial charge in [0.15, 0.2) is 11.5 Å². The predicted molar refractivity (Wildman–Crippen MR) is 157 cm³/mol. The van der Waals surface area contributed by atoms with Crippen molar-refractivity contribution in [3.63, 3.8) is 0 Å². The Labute approximate surface area is 229 Å². The minimum atomic E-state index is -0.394. The Hall–Kier alpha value is -3.97. The van der Waals surface area contributed by atoms with Crippen LogP contribution in [-0.4, -0.2) is 23.0 Å². The monoisotopic (exact) mass is 569 g/mol. The quantitative estimate of drug-likeness (QED) is 0.205. The van der Waals surface area contributed by atoms with Crippen molar-refractivity contribution in [2.45, 2.75) is 32.8 Å². The van der Waals surface area contributed by atoms with Gasteiger partial charge in [-0.25, -0.2) is 4.98 Å². The molecule has 38 heavy (non-hydrogen) atoms. The molecular formula is C31H28BrN3O3. The van der Waals surface area contributed by atoms with Gasteiger partial charge in [0.25, 0.3) is 5.56 Å². The Morgan fingerprint density at radius 3 is 2.53 bits per heavy atom. The molecule has 5 rings (SSSR count). The summed E-state index contributed by atoms with van der Waals surface area (Å²) in [4.78, 5) is 18.2. The molecule has 0 unspecified atom stereocenters. The lowest BCUT2D eigenvalue weighted by molar-refractivity contribution is 0.285. The van der Waals surface area contributed by atoms with Crippen LogP contribution in [0.1, 0.15) is 37.7 Å². The molecule has 7 heteroatoms. The van der Waals surface area contributed by atoms with Crippen molar-refractivity contribution < 1.29 is 9.47 Å². The van der Waals surface area contributed by atoms with Gasteiger partial charge in [-0.15, -0.1) is 0 Å². The maximum absolute atomic E-state index is 13.4. The van der Waals surface area contributed by atoms with Crippen LogP contribution in [0, 0.1) is 0 Å². The lowest BCUT2D eigenvalue weighted by Crippen LogP contribution is -2.29. The number of fused-ring (bicyclic) bond motifs is 2. The average Bonchev–Trinajstić information content (AvgIpc) is 2.91. The molecule has 0 aliphatic heterocycles. The van der Waals surface area contributed by atoms with E-state index in [-0.39, 0.29) is 5.56 Å². The zero-order valence-electron chi connectivity index (χ0n) is 21.7. The molecule has 0 radical (unpaired) electrons. The number of hydrogen-bond acceptors (Lipinski definition) is 5. The van der Waals surface area contributed by atoms with Crippen molar-refractivity contribution in [1.29, 1.82) is 0 Å². The van der Waals surface area contributed by atoms with Gasteiger partial charge in [-0.1, -0.05) is 79.2 Å². The highest BCUT2D eigenvalue weighted by Crippen LogP contribution is 2.30. The highest BCUT2D eigenvalue weighted by Gasteiger charge is 2.23. The van der Waals surface area contributed by atoms with Gasteiger partial charge in [-0.05, 0) is 58.3 Å². The van der Waals surface area contributed by atoms with Crippen LogP contribution in [0.5, 0.6) is 11.5 Å². The zero-order valence-corrected chi connectivity index (χ0v) is 23.3. The van der Waals surface area contributed by atoms with Gasteiger partial charge >= 0.3 is 0 Å². The highest BCUT2D eigenvalue weighted by atomic mass is 79.9. The van der Waals surface area contributed by atoms with Crippen molar-refractivity contribution in [1.82, 2.24) is 9.66 Å². The molecule has 1 heterocycles. The highest BCUT2D eigenvalue weighted by molar-refractivity contribution is 9.10. The molecule has 0 saturated carbocycles. The topological polar surface area (TPSA) is 65.7 Å². The van der Waals surface area contributed by atoms with Crippen LogP contribution in [0.25, 0.3) is 21.7 Å². The number of aromatic nitrogens is 2. The van der Waals surface area contributed by atoms with Crippen molar-refractivity contribution in [2.24, 2.45) is 5.10 Å². The summed E-state index contributed by atoms with van der Waals surface area (Å²) in [5.74, 6) is 1.79. The molecule has 4 aromatic carbocycles. The summed E-state index contributed by atoms with van der Waals surface area (Å²) in [7, 11) is 1.61. The van der Waals surface area contributed by atoms with Gasteiger partial charge in [-0.2, -0.15) is 9.78 Å². The number of nitrogens with zero attached hydrogens (tertiary/aromatic N) is 3. The predicted octanol–water partition coefficient (Wildman–Crippen LogP) is 7.08. The standard InChI is InChI=1S/C31H28BrN3O3/c1-31(2,3)30-34-26-14-13-23(32)17-25(26)29(36)35(30)33-18-20-12-15-27(28(16-20)37-4)38-19-22-10-7-9-21-8-5-6-11-24(21)22/h5-18H,19H2,1-4H3. The van der Waals surface area contributed by atoms with Gasteiger partial charge in [0.1, 0.15) is 12.4 Å².